The molecule has 2 saturated heterocycles. The molecule has 2 aromatic carbocycles. The molecule has 17 heteroatoms. The van der Waals surface area contributed by atoms with Crippen LogP contribution in [-0.2, 0) is 30.1 Å². The second-order valence-electron chi connectivity index (χ2n) is 16.7. The second kappa shape index (κ2) is 16.5. The van der Waals surface area contributed by atoms with Crippen LogP contribution in [0.25, 0.3) is 10.4 Å². The fourth-order valence-corrected chi connectivity index (χ4v) is 11.6. The van der Waals surface area contributed by atoms with Crippen molar-refractivity contribution in [1.29, 1.82) is 0 Å². The smallest absolute Gasteiger partial charge is 0.410 e. The summed E-state index contributed by atoms with van der Waals surface area (Å²) in [7, 11) is -3.76. The van der Waals surface area contributed by atoms with Gasteiger partial charge in [0.2, 0.25) is 15.9 Å². The monoisotopic (exact) mass is 844 g/mol. The van der Waals surface area contributed by atoms with Crippen LogP contribution in [0.15, 0.2) is 48.5 Å². The highest BCUT2D eigenvalue weighted by Gasteiger charge is 2.46. The first-order valence-electron chi connectivity index (χ1n) is 18.8. The normalized spacial score (nSPS) is 22.1. The summed E-state index contributed by atoms with van der Waals surface area (Å²) in [6, 6.07) is 14.1. The van der Waals surface area contributed by atoms with Crippen molar-refractivity contribution in [1.82, 2.24) is 9.21 Å². The fraction of sp³-hybridized carbons (Fsp3) is 0.500. The Balaban J connectivity index is 1.04. The van der Waals surface area contributed by atoms with Gasteiger partial charge in [0.25, 0.3) is 0 Å². The van der Waals surface area contributed by atoms with Crippen LogP contribution in [0.4, 0.5) is 16.2 Å². The van der Waals surface area contributed by atoms with Crippen LogP contribution in [0.2, 0.25) is 5.02 Å². The highest BCUT2D eigenvalue weighted by atomic mass is 35.5. The number of anilines is 2. The molecule has 0 radical (unpaired) electrons. The van der Waals surface area contributed by atoms with E-state index in [4.69, 9.17) is 26.2 Å². The number of nitrogens with one attached hydrogen (secondary N) is 2. The highest BCUT2D eigenvalue weighted by Crippen LogP contribution is 2.46. The zero-order valence-electron chi connectivity index (χ0n) is 32.5. The van der Waals surface area contributed by atoms with Gasteiger partial charge in [-0.15, -0.1) is 11.3 Å². The first kappa shape index (κ1) is 42.2. The molecule has 4 N–H and O–H groups in total. The van der Waals surface area contributed by atoms with Crippen molar-refractivity contribution in [3.8, 4) is 16.2 Å². The lowest BCUT2D eigenvalue weighted by Crippen LogP contribution is -2.55. The van der Waals surface area contributed by atoms with Gasteiger partial charge in [-0.3, -0.25) is 4.79 Å². The van der Waals surface area contributed by atoms with Gasteiger partial charge in [0.15, 0.2) is 17.2 Å². The Hall–Kier alpha value is -4.38. The third kappa shape index (κ3) is 10.0. The van der Waals surface area contributed by atoms with Gasteiger partial charge in [0.05, 0.1) is 10.6 Å². The number of rotatable bonds is 12. The fourth-order valence-electron chi connectivity index (χ4n) is 8.25. The van der Waals surface area contributed by atoms with Gasteiger partial charge in [-0.2, -0.15) is 4.31 Å². The molecule has 14 nitrogen and oxygen atoms in total. The van der Waals surface area contributed by atoms with E-state index >= 15 is 0 Å². The van der Waals surface area contributed by atoms with E-state index < -0.39 is 39.7 Å². The van der Waals surface area contributed by atoms with Crippen LogP contribution < -0.4 is 15.4 Å². The lowest BCUT2D eigenvalue weighted by atomic mass is 9.89. The van der Waals surface area contributed by atoms with Gasteiger partial charge in [-0.1, -0.05) is 35.9 Å². The summed E-state index contributed by atoms with van der Waals surface area (Å²) in [6.07, 6.45) is 2.07. The number of carboxylic acid groups (broad SMARTS) is 2. The Kier molecular flexibility index (Phi) is 12.2. The van der Waals surface area contributed by atoms with Crippen LogP contribution in [0.1, 0.15) is 75.5 Å². The molecule has 3 heterocycles. The molecule has 0 bridgehead atoms. The first-order chi connectivity index (χ1) is 26.7. The van der Waals surface area contributed by atoms with Crippen LogP contribution in [-0.4, -0.2) is 95.2 Å². The number of sulfonamides is 1. The van der Waals surface area contributed by atoms with E-state index in [-0.39, 0.29) is 63.7 Å². The van der Waals surface area contributed by atoms with Crippen LogP contribution in [0, 0.1) is 17.8 Å². The van der Waals surface area contributed by atoms with E-state index in [0.29, 0.717) is 60.5 Å². The molecular weight excluding hydrogens is 796 g/mol. The van der Waals surface area contributed by atoms with E-state index in [0.717, 1.165) is 17.0 Å². The van der Waals surface area contributed by atoms with Crippen molar-refractivity contribution in [2.45, 2.75) is 83.2 Å². The van der Waals surface area contributed by atoms with E-state index in [2.05, 4.69) is 10.6 Å². The molecule has 6 rings (SSSR count). The van der Waals surface area contributed by atoms with E-state index in [1.54, 1.807) is 45.6 Å². The Morgan fingerprint density at radius 1 is 1.00 bits per heavy atom. The number of carbonyl (C=O) groups excluding carboxylic acids is 2. The number of hydrogen-bond acceptors (Lipinski definition) is 10. The van der Waals surface area contributed by atoms with Gasteiger partial charge in [0, 0.05) is 48.5 Å². The van der Waals surface area contributed by atoms with E-state index in [9.17, 15) is 32.7 Å². The van der Waals surface area contributed by atoms with Crippen LogP contribution in [0.5, 0.6) is 5.75 Å². The number of hydrogen-bond donors (Lipinski definition) is 4. The maximum atomic E-state index is 13.9. The third-order valence-electron chi connectivity index (χ3n) is 10.6. The summed E-state index contributed by atoms with van der Waals surface area (Å²) in [4.78, 5) is 50.7. The predicted octanol–water partition coefficient (Wildman–Crippen LogP) is 7.25. The SMILES string of the molecule is CC(C)(C)OC(=O)N1C[C@H]2CC(C(=O)Nc3cccc(CS(=O)(=O)N4CC[C@H](Nc5cccc(-c6sc(C(=O)O)c(OCC(=O)O)c6Cl)c5)CC4(C)C)c3)C[C@H]2C1. The maximum Gasteiger partial charge on any atom is 0.410 e. The number of nitrogens with zero attached hydrogens (tertiary/aromatic N) is 2. The molecule has 1 unspecified atom stereocenters. The quantitative estimate of drug-likeness (QED) is 0.144. The first-order valence-corrected chi connectivity index (χ1v) is 21.6. The summed E-state index contributed by atoms with van der Waals surface area (Å²) in [6.45, 7) is 10.0. The number of aliphatic carboxylic acids is 1. The number of carboxylic acids is 2. The van der Waals surface area contributed by atoms with Gasteiger partial charge in [-0.05, 0) is 108 Å². The lowest BCUT2D eigenvalue weighted by Gasteiger charge is -2.45. The number of thiophene rings is 1. The molecule has 1 aliphatic carbocycles. The van der Waals surface area contributed by atoms with E-state index in [1.807, 2.05) is 46.8 Å². The number of fused-ring (bicyclic) bond motifs is 1. The molecule has 0 spiro atoms. The Bertz CT molecular complexity index is 2140. The zero-order valence-corrected chi connectivity index (χ0v) is 34.9. The standard InChI is InChI=1S/C40H49ClN4O10S2/c1-39(2,3)55-38(51)44-19-26-15-25(16-27(26)20-44)36(48)43-28-10-6-8-23(14-28)22-57(52,53)45-13-12-30(18-40(45,4)5)42-29-11-7-9-24(17-29)34-32(41)33(54-21-31(46)47)35(56-34)37(49)50/h6-11,14,17,25-27,30,42H,12-13,15-16,18-22H2,1-5H3,(H,43,48)(H,46,47)(H,49,50)/t25?,26-,27+,30-/m0/s1. The number of likely N-dealkylation sites (tertiary alicyclic amines) is 1. The van der Waals surface area contributed by atoms with E-state index in [1.165, 1.54) is 0 Å². The Morgan fingerprint density at radius 2 is 1.67 bits per heavy atom. The third-order valence-corrected chi connectivity index (χ3v) is 14.3. The largest absolute Gasteiger partial charge is 0.479 e. The predicted molar refractivity (Wildman–Crippen MR) is 217 cm³/mol. The summed E-state index contributed by atoms with van der Waals surface area (Å²) in [5.74, 6) is -2.81. The van der Waals surface area contributed by atoms with Crippen LogP contribution in [0.3, 0.4) is 0 Å². The minimum absolute atomic E-state index is 0.00818. The number of piperidine rings is 1. The number of ether oxygens (including phenoxy) is 2. The van der Waals surface area contributed by atoms with Gasteiger partial charge in [0.1, 0.15) is 10.6 Å². The zero-order chi connectivity index (χ0) is 41.4. The Labute approximate surface area is 341 Å². The molecule has 3 aromatic rings. The summed E-state index contributed by atoms with van der Waals surface area (Å²) >= 11 is 7.39. The molecular formula is C40H49ClN4O10S2. The minimum Gasteiger partial charge on any atom is -0.479 e. The average Bonchev–Trinajstić information content (AvgIpc) is 3.78. The summed E-state index contributed by atoms with van der Waals surface area (Å²) < 4.78 is 40.1. The number of aromatic carboxylic acids is 1. The van der Waals surface area contributed by atoms with Crippen molar-refractivity contribution in [3.63, 3.8) is 0 Å². The summed E-state index contributed by atoms with van der Waals surface area (Å²) in [5.41, 5.74) is 1.13. The molecule has 308 valence electrons. The molecule has 2 amide bonds. The molecule has 1 saturated carbocycles. The van der Waals surface area contributed by atoms with Gasteiger partial charge < -0.3 is 35.2 Å². The molecule has 3 aliphatic rings. The second-order valence-corrected chi connectivity index (χ2v) is 20.0. The topological polar surface area (TPSA) is 192 Å². The van der Waals surface area contributed by atoms with Gasteiger partial charge in [-0.25, -0.2) is 22.8 Å². The number of benzene rings is 2. The lowest BCUT2D eigenvalue weighted by molar-refractivity contribution is -0.139. The van der Waals surface area contributed by atoms with Gasteiger partial charge >= 0.3 is 18.0 Å². The average molecular weight is 845 g/mol. The Morgan fingerprint density at radius 3 is 2.30 bits per heavy atom. The molecule has 2 aliphatic heterocycles. The molecule has 57 heavy (non-hydrogen) atoms. The van der Waals surface area contributed by atoms with Crippen molar-refractivity contribution in [3.05, 3.63) is 64.0 Å². The van der Waals surface area contributed by atoms with Crippen molar-refractivity contribution in [2.24, 2.45) is 17.8 Å². The van der Waals surface area contributed by atoms with Crippen molar-refractivity contribution in [2.75, 3.05) is 36.9 Å². The molecule has 3 fully saturated rings. The minimum atomic E-state index is -3.76. The molecule has 4 atom stereocenters. The van der Waals surface area contributed by atoms with Crippen molar-refractivity contribution < 1.29 is 47.3 Å². The number of carbonyl (C=O) groups is 4. The molecule has 1 aromatic heterocycles. The number of amides is 2. The maximum absolute atomic E-state index is 13.9. The van der Waals surface area contributed by atoms with Crippen LogP contribution >= 0.6 is 22.9 Å². The number of halogens is 1. The van der Waals surface area contributed by atoms with Crippen molar-refractivity contribution >= 4 is 68.3 Å². The highest BCUT2D eigenvalue weighted by molar-refractivity contribution is 7.88. The summed E-state index contributed by atoms with van der Waals surface area (Å²) in [5, 5.41) is 25.2.